The van der Waals surface area contributed by atoms with Crippen molar-refractivity contribution in [1.82, 2.24) is 10.2 Å². The van der Waals surface area contributed by atoms with Crippen molar-refractivity contribution in [3.63, 3.8) is 0 Å². The number of nitrogens with zero attached hydrogens (tertiary/aromatic N) is 2. The Morgan fingerprint density at radius 2 is 1.96 bits per heavy atom. The highest BCUT2D eigenvalue weighted by molar-refractivity contribution is 14.0. The number of halogens is 1. The van der Waals surface area contributed by atoms with Crippen molar-refractivity contribution >= 4 is 41.3 Å². The summed E-state index contributed by atoms with van der Waals surface area (Å²) in [6.45, 7) is 8.54. The van der Waals surface area contributed by atoms with Crippen molar-refractivity contribution in [3.8, 4) is 0 Å². The van der Waals surface area contributed by atoms with Gasteiger partial charge in [0.05, 0.1) is 6.10 Å². The molecule has 6 heteroatoms. The first kappa shape index (κ1) is 22.9. The second-order valence-corrected chi connectivity index (χ2v) is 9.38. The first-order valence-corrected chi connectivity index (χ1v) is 11.1. The Bertz CT molecular complexity index is 562. The Kier molecular flexibility index (Phi) is 9.35. The number of hydrogen-bond donors (Lipinski definition) is 1. The number of nitrogens with one attached hydrogen (secondary N) is 1. The van der Waals surface area contributed by atoms with Crippen molar-refractivity contribution in [2.45, 2.75) is 63.9 Å². The van der Waals surface area contributed by atoms with E-state index in [4.69, 9.17) is 4.74 Å². The lowest BCUT2D eigenvalue weighted by atomic mass is 9.91. The molecule has 1 aromatic rings. The van der Waals surface area contributed by atoms with Crippen LogP contribution in [-0.4, -0.2) is 50.3 Å². The van der Waals surface area contributed by atoms with Gasteiger partial charge in [-0.05, 0) is 43.0 Å². The highest BCUT2D eigenvalue weighted by Crippen LogP contribution is 2.27. The molecule has 2 heterocycles. The highest BCUT2D eigenvalue weighted by atomic mass is 127. The molecule has 0 radical (unpaired) electrons. The van der Waals surface area contributed by atoms with E-state index in [1.165, 1.54) is 30.6 Å². The Balaban J connectivity index is 0.00000261. The zero-order valence-corrected chi connectivity index (χ0v) is 20.2. The minimum Gasteiger partial charge on any atom is -0.378 e. The molecule has 0 unspecified atom stereocenters. The van der Waals surface area contributed by atoms with E-state index in [2.05, 4.69) is 46.6 Å². The molecule has 154 valence electrons. The standard InChI is InChI=1S/C21H35N3OS.HI/c1-21(2,19-9-6-14-26-19)16-23-20(22-3)24-12-10-18(11-13-24)25-15-17-7-4-5-8-17;/h6,9,14,17-18H,4-5,7-8,10-13,15-16H2,1-3H3,(H,22,23);1H. The highest BCUT2D eigenvalue weighted by Gasteiger charge is 2.26. The summed E-state index contributed by atoms with van der Waals surface area (Å²) < 4.78 is 6.21. The van der Waals surface area contributed by atoms with Gasteiger partial charge in [0.1, 0.15) is 0 Å². The maximum Gasteiger partial charge on any atom is 0.193 e. The summed E-state index contributed by atoms with van der Waals surface area (Å²) in [5, 5.41) is 5.76. The normalized spacial score (nSPS) is 20.0. The molecule has 3 rings (SSSR count). The Morgan fingerprint density at radius 3 is 2.56 bits per heavy atom. The first-order chi connectivity index (χ1) is 12.6. The number of thiophene rings is 1. The van der Waals surface area contributed by atoms with E-state index in [1.807, 2.05) is 18.4 Å². The van der Waals surface area contributed by atoms with Crippen molar-refractivity contribution < 1.29 is 4.74 Å². The third-order valence-electron chi connectivity index (χ3n) is 5.87. The lowest BCUT2D eigenvalue weighted by Gasteiger charge is -2.35. The third-order valence-corrected chi connectivity index (χ3v) is 7.11. The molecule has 0 atom stereocenters. The molecular weight excluding hydrogens is 469 g/mol. The van der Waals surface area contributed by atoms with Crippen LogP contribution in [0.4, 0.5) is 0 Å². The number of hydrogen-bond acceptors (Lipinski definition) is 3. The SMILES string of the molecule is CN=C(NCC(C)(C)c1cccs1)N1CCC(OCC2CCCC2)CC1.I. The van der Waals surface area contributed by atoms with Gasteiger partial charge >= 0.3 is 0 Å². The summed E-state index contributed by atoms with van der Waals surface area (Å²) in [6.07, 6.45) is 8.20. The summed E-state index contributed by atoms with van der Waals surface area (Å²) in [6, 6.07) is 4.36. The van der Waals surface area contributed by atoms with Crippen LogP contribution in [0.5, 0.6) is 0 Å². The molecule has 4 nitrogen and oxygen atoms in total. The molecule has 1 N–H and O–H groups in total. The average Bonchev–Trinajstić information content (AvgIpc) is 3.35. The number of guanidine groups is 1. The maximum absolute atomic E-state index is 6.21. The van der Waals surface area contributed by atoms with Crippen LogP contribution in [-0.2, 0) is 10.2 Å². The predicted molar refractivity (Wildman–Crippen MR) is 127 cm³/mol. The van der Waals surface area contributed by atoms with Crippen molar-refractivity contribution in [1.29, 1.82) is 0 Å². The lowest BCUT2D eigenvalue weighted by Crippen LogP contribution is -2.49. The van der Waals surface area contributed by atoms with E-state index in [0.29, 0.717) is 6.10 Å². The van der Waals surface area contributed by atoms with Gasteiger partial charge in [0, 0.05) is 43.6 Å². The lowest BCUT2D eigenvalue weighted by molar-refractivity contribution is 0.000991. The molecule has 0 spiro atoms. The van der Waals surface area contributed by atoms with Crippen LogP contribution < -0.4 is 5.32 Å². The van der Waals surface area contributed by atoms with Gasteiger partial charge in [-0.1, -0.05) is 32.8 Å². The van der Waals surface area contributed by atoms with E-state index in [0.717, 1.165) is 51.0 Å². The third kappa shape index (κ3) is 6.60. The quantitative estimate of drug-likeness (QED) is 0.340. The fourth-order valence-corrected chi connectivity index (χ4v) is 4.92. The largest absolute Gasteiger partial charge is 0.378 e. The Labute approximate surface area is 186 Å². The topological polar surface area (TPSA) is 36.9 Å². The minimum absolute atomic E-state index is 0. The van der Waals surface area contributed by atoms with Gasteiger partial charge in [-0.25, -0.2) is 0 Å². The van der Waals surface area contributed by atoms with E-state index < -0.39 is 0 Å². The summed E-state index contributed by atoms with van der Waals surface area (Å²) in [5.74, 6) is 1.85. The van der Waals surface area contributed by atoms with E-state index in [-0.39, 0.29) is 29.4 Å². The van der Waals surface area contributed by atoms with E-state index >= 15 is 0 Å². The van der Waals surface area contributed by atoms with Crippen LogP contribution in [0, 0.1) is 5.92 Å². The number of aliphatic imine (C=N–C) groups is 1. The number of rotatable bonds is 6. The number of ether oxygens (including phenoxy) is 1. The molecule has 1 aliphatic heterocycles. The Hall–Kier alpha value is -0.340. The zero-order valence-electron chi connectivity index (χ0n) is 17.1. The molecular formula is C21H36IN3OS. The van der Waals surface area contributed by atoms with Crippen LogP contribution in [0.1, 0.15) is 57.2 Å². The molecule has 2 fully saturated rings. The smallest absolute Gasteiger partial charge is 0.193 e. The van der Waals surface area contributed by atoms with Gasteiger partial charge in [-0.3, -0.25) is 4.99 Å². The summed E-state index contributed by atoms with van der Waals surface area (Å²) in [7, 11) is 1.89. The van der Waals surface area contributed by atoms with Gasteiger partial charge in [0.25, 0.3) is 0 Å². The predicted octanol–water partition coefficient (Wildman–Crippen LogP) is 4.89. The fraction of sp³-hybridized carbons (Fsp3) is 0.762. The van der Waals surface area contributed by atoms with Crippen molar-refractivity contribution in [3.05, 3.63) is 22.4 Å². The first-order valence-electron chi connectivity index (χ1n) is 10.2. The molecule has 1 aliphatic carbocycles. The second kappa shape index (κ2) is 11.0. The van der Waals surface area contributed by atoms with Crippen LogP contribution in [0.25, 0.3) is 0 Å². The molecule has 0 bridgehead atoms. The fourth-order valence-electron chi connectivity index (χ4n) is 4.07. The van der Waals surface area contributed by atoms with Gasteiger partial charge in [-0.15, -0.1) is 35.3 Å². The molecule has 0 aromatic carbocycles. The summed E-state index contributed by atoms with van der Waals surface area (Å²) >= 11 is 1.83. The van der Waals surface area contributed by atoms with Gasteiger partial charge < -0.3 is 15.0 Å². The van der Waals surface area contributed by atoms with E-state index in [1.54, 1.807) is 0 Å². The molecule has 1 aromatic heterocycles. The van der Waals surface area contributed by atoms with Gasteiger partial charge in [-0.2, -0.15) is 0 Å². The number of piperidine rings is 1. The van der Waals surface area contributed by atoms with E-state index in [9.17, 15) is 0 Å². The van der Waals surface area contributed by atoms with Crippen molar-refractivity contribution in [2.24, 2.45) is 10.9 Å². The average molecular weight is 506 g/mol. The molecule has 1 saturated carbocycles. The van der Waals surface area contributed by atoms with Crippen LogP contribution in [0.15, 0.2) is 22.5 Å². The number of likely N-dealkylation sites (tertiary alicyclic amines) is 1. The van der Waals surface area contributed by atoms with Crippen LogP contribution in [0.2, 0.25) is 0 Å². The van der Waals surface area contributed by atoms with Crippen LogP contribution in [0.3, 0.4) is 0 Å². The molecule has 0 amide bonds. The summed E-state index contributed by atoms with van der Waals surface area (Å²) in [5.41, 5.74) is 0.118. The molecule has 1 saturated heterocycles. The van der Waals surface area contributed by atoms with Crippen molar-refractivity contribution in [2.75, 3.05) is 33.3 Å². The molecule has 2 aliphatic rings. The van der Waals surface area contributed by atoms with Gasteiger partial charge in [0.2, 0.25) is 0 Å². The maximum atomic E-state index is 6.21. The van der Waals surface area contributed by atoms with Crippen LogP contribution >= 0.6 is 35.3 Å². The minimum atomic E-state index is 0. The monoisotopic (exact) mass is 505 g/mol. The van der Waals surface area contributed by atoms with Gasteiger partial charge in [0.15, 0.2) is 5.96 Å². The summed E-state index contributed by atoms with van der Waals surface area (Å²) in [4.78, 5) is 8.33. The molecule has 27 heavy (non-hydrogen) atoms. The Morgan fingerprint density at radius 1 is 1.26 bits per heavy atom. The zero-order chi connectivity index (χ0) is 18.4. The second-order valence-electron chi connectivity index (χ2n) is 8.43.